The number of rotatable bonds is 5. The van der Waals surface area contributed by atoms with Crippen LogP contribution >= 0.6 is 0 Å². The van der Waals surface area contributed by atoms with Gasteiger partial charge in [-0.15, -0.1) is 0 Å². The average molecular weight is 727 g/mol. The monoisotopic (exact) mass is 726 g/mol. The van der Waals surface area contributed by atoms with Gasteiger partial charge in [0.1, 0.15) is 11.2 Å². The number of para-hydroxylation sites is 4. The lowest BCUT2D eigenvalue weighted by Crippen LogP contribution is -1.96. The predicted molar refractivity (Wildman–Crippen MR) is 239 cm³/mol. The molecule has 0 N–H and O–H groups in total. The summed E-state index contributed by atoms with van der Waals surface area (Å²) in [5, 5.41) is 7.13. The quantitative estimate of drug-likeness (QED) is 0.173. The molecule has 0 aliphatic heterocycles. The van der Waals surface area contributed by atoms with Crippen molar-refractivity contribution in [2.75, 3.05) is 0 Å². The lowest BCUT2D eigenvalue weighted by Gasteiger charge is -2.15. The molecule has 3 heterocycles. The Morgan fingerprint density at radius 3 is 1.28 bits per heavy atom. The molecular formula is C54H34N2O. The van der Waals surface area contributed by atoms with Crippen molar-refractivity contribution in [2.24, 2.45) is 0 Å². The van der Waals surface area contributed by atoms with Crippen molar-refractivity contribution in [3.63, 3.8) is 0 Å². The largest absolute Gasteiger partial charge is 0.456 e. The first-order valence-corrected chi connectivity index (χ1v) is 19.5. The molecule has 266 valence electrons. The van der Waals surface area contributed by atoms with Gasteiger partial charge in [-0.25, -0.2) is 0 Å². The maximum absolute atomic E-state index is 6.53. The smallest absolute Gasteiger partial charge is 0.135 e. The molecule has 0 saturated heterocycles. The topological polar surface area (TPSA) is 23.0 Å². The molecule has 3 nitrogen and oxygen atoms in total. The summed E-state index contributed by atoms with van der Waals surface area (Å²) in [6.45, 7) is 0. The molecule has 57 heavy (non-hydrogen) atoms. The second-order valence-corrected chi connectivity index (χ2v) is 14.9. The second kappa shape index (κ2) is 12.5. The van der Waals surface area contributed by atoms with Crippen LogP contribution < -0.4 is 0 Å². The molecule has 0 fully saturated rings. The van der Waals surface area contributed by atoms with Gasteiger partial charge in [-0.1, -0.05) is 133 Å². The fourth-order valence-electron chi connectivity index (χ4n) is 9.13. The summed E-state index contributed by atoms with van der Waals surface area (Å²) in [5.41, 5.74) is 15.8. The summed E-state index contributed by atoms with van der Waals surface area (Å²) in [5.74, 6) is 0. The average Bonchev–Trinajstić information content (AvgIpc) is 3.94. The Morgan fingerprint density at radius 1 is 0.281 bits per heavy atom. The zero-order chi connectivity index (χ0) is 37.5. The minimum atomic E-state index is 0.872. The number of fused-ring (bicyclic) bond motifs is 9. The van der Waals surface area contributed by atoms with Gasteiger partial charge in [0.05, 0.1) is 22.1 Å². The van der Waals surface area contributed by atoms with Crippen LogP contribution in [0.4, 0.5) is 0 Å². The predicted octanol–water partition coefficient (Wildman–Crippen LogP) is 14.8. The van der Waals surface area contributed by atoms with E-state index in [0.29, 0.717) is 0 Å². The molecule has 0 atom stereocenters. The van der Waals surface area contributed by atoms with Crippen molar-refractivity contribution < 1.29 is 4.42 Å². The van der Waals surface area contributed by atoms with E-state index in [4.69, 9.17) is 4.42 Å². The molecule has 0 bridgehead atoms. The fraction of sp³-hybridized carbons (Fsp3) is 0. The molecule has 12 rings (SSSR count). The summed E-state index contributed by atoms with van der Waals surface area (Å²) >= 11 is 0. The van der Waals surface area contributed by atoms with Crippen LogP contribution in [0.5, 0.6) is 0 Å². The number of benzene rings is 9. The Labute approximate surface area is 328 Å². The highest BCUT2D eigenvalue weighted by atomic mass is 16.3. The molecule has 0 aliphatic rings. The van der Waals surface area contributed by atoms with Crippen molar-refractivity contribution in [2.45, 2.75) is 0 Å². The van der Waals surface area contributed by atoms with E-state index in [1.54, 1.807) is 0 Å². The van der Waals surface area contributed by atoms with Gasteiger partial charge in [-0.05, 0) is 101 Å². The number of hydrogen-bond donors (Lipinski definition) is 0. The van der Waals surface area contributed by atoms with Gasteiger partial charge in [0.15, 0.2) is 0 Å². The second-order valence-electron chi connectivity index (χ2n) is 14.9. The van der Waals surface area contributed by atoms with E-state index in [9.17, 15) is 0 Å². The summed E-state index contributed by atoms with van der Waals surface area (Å²) in [4.78, 5) is 0. The van der Waals surface area contributed by atoms with Gasteiger partial charge >= 0.3 is 0 Å². The van der Waals surface area contributed by atoms with E-state index < -0.39 is 0 Å². The summed E-state index contributed by atoms with van der Waals surface area (Å²) in [7, 11) is 0. The molecule has 0 aliphatic carbocycles. The Kier molecular flexibility index (Phi) is 6.93. The highest BCUT2D eigenvalue weighted by molar-refractivity contribution is 6.15. The first-order chi connectivity index (χ1) is 28.3. The molecule has 3 heteroatoms. The standard InChI is InChI=1S/C54H34N2O/c1-3-14-35(15-4-1)37-30-38(36-16-5-2-6-17-36)32-39(31-37)42-21-13-22-46-45-20-9-12-25-51(45)56(54(42)46)41-27-29-53-48(34-41)47-33-40(26-28-52(47)57-53)55-49-23-10-7-18-43(49)44-19-8-11-24-50(44)55/h1-34H. The maximum Gasteiger partial charge on any atom is 0.135 e. The van der Waals surface area contributed by atoms with E-state index in [-0.39, 0.29) is 0 Å². The van der Waals surface area contributed by atoms with Crippen molar-refractivity contribution in [1.82, 2.24) is 9.13 Å². The first-order valence-electron chi connectivity index (χ1n) is 19.5. The number of nitrogens with zero attached hydrogens (tertiary/aromatic N) is 2. The zero-order valence-corrected chi connectivity index (χ0v) is 30.9. The summed E-state index contributed by atoms with van der Waals surface area (Å²) in [6, 6.07) is 74.5. The Hall–Kier alpha value is -7.62. The third kappa shape index (κ3) is 4.92. The highest BCUT2D eigenvalue weighted by Crippen LogP contribution is 2.42. The van der Waals surface area contributed by atoms with Crippen LogP contribution in [0.1, 0.15) is 0 Å². The van der Waals surface area contributed by atoms with Crippen LogP contribution in [0.15, 0.2) is 211 Å². The van der Waals surface area contributed by atoms with Crippen molar-refractivity contribution in [1.29, 1.82) is 0 Å². The van der Waals surface area contributed by atoms with Crippen LogP contribution in [0.25, 0.3) is 110 Å². The molecule has 0 unspecified atom stereocenters. The van der Waals surface area contributed by atoms with E-state index in [2.05, 4.69) is 215 Å². The Morgan fingerprint density at radius 2 is 0.719 bits per heavy atom. The van der Waals surface area contributed by atoms with Crippen LogP contribution in [0.2, 0.25) is 0 Å². The van der Waals surface area contributed by atoms with Gasteiger partial charge in [-0.2, -0.15) is 0 Å². The van der Waals surface area contributed by atoms with Gasteiger partial charge in [-0.3, -0.25) is 0 Å². The lowest BCUT2D eigenvalue weighted by atomic mass is 9.92. The highest BCUT2D eigenvalue weighted by Gasteiger charge is 2.20. The number of furan rings is 1. The van der Waals surface area contributed by atoms with E-state index in [0.717, 1.165) is 33.3 Å². The molecule has 3 aromatic heterocycles. The molecule has 0 spiro atoms. The Bertz CT molecular complexity index is 3400. The van der Waals surface area contributed by atoms with Crippen LogP contribution in [-0.2, 0) is 0 Å². The normalized spacial score (nSPS) is 11.9. The summed E-state index contributed by atoms with van der Waals surface area (Å²) in [6.07, 6.45) is 0. The minimum Gasteiger partial charge on any atom is -0.456 e. The summed E-state index contributed by atoms with van der Waals surface area (Å²) < 4.78 is 11.4. The van der Waals surface area contributed by atoms with Crippen molar-refractivity contribution in [3.8, 4) is 44.8 Å². The van der Waals surface area contributed by atoms with Gasteiger partial charge < -0.3 is 13.6 Å². The molecular weight excluding hydrogens is 693 g/mol. The first kappa shape index (κ1) is 31.7. The third-order valence-corrected chi connectivity index (χ3v) is 11.7. The Balaban J connectivity index is 1.10. The number of hydrogen-bond acceptors (Lipinski definition) is 1. The van der Waals surface area contributed by atoms with Gasteiger partial charge in [0.2, 0.25) is 0 Å². The van der Waals surface area contributed by atoms with Gasteiger partial charge in [0.25, 0.3) is 0 Å². The van der Waals surface area contributed by atoms with Gasteiger partial charge in [0, 0.05) is 49.3 Å². The number of aromatic nitrogens is 2. The van der Waals surface area contributed by atoms with E-state index >= 15 is 0 Å². The van der Waals surface area contributed by atoms with Crippen molar-refractivity contribution in [3.05, 3.63) is 206 Å². The van der Waals surface area contributed by atoms with E-state index in [1.807, 2.05) is 0 Å². The molecule has 0 amide bonds. The molecule has 9 aromatic carbocycles. The minimum absolute atomic E-state index is 0.872. The lowest BCUT2D eigenvalue weighted by molar-refractivity contribution is 0.669. The zero-order valence-electron chi connectivity index (χ0n) is 30.9. The van der Waals surface area contributed by atoms with E-state index in [1.165, 1.54) is 77.0 Å². The van der Waals surface area contributed by atoms with Crippen LogP contribution in [0, 0.1) is 0 Å². The SMILES string of the molecule is c1ccc(-c2cc(-c3ccccc3)cc(-c3cccc4c5ccccc5n(-c5ccc6oc7ccc(-n8c9ccccc9c9ccccc98)cc7c6c5)c34)c2)cc1. The van der Waals surface area contributed by atoms with Crippen LogP contribution in [0.3, 0.4) is 0 Å². The molecule has 12 aromatic rings. The molecule has 0 radical (unpaired) electrons. The molecule has 0 saturated carbocycles. The fourth-order valence-corrected chi connectivity index (χ4v) is 9.13. The van der Waals surface area contributed by atoms with Crippen LogP contribution in [-0.4, -0.2) is 9.13 Å². The van der Waals surface area contributed by atoms with Crippen molar-refractivity contribution >= 4 is 65.6 Å². The maximum atomic E-state index is 6.53. The third-order valence-electron chi connectivity index (χ3n) is 11.7.